The highest BCUT2D eigenvalue weighted by Gasteiger charge is 2.03. The van der Waals surface area contributed by atoms with Gasteiger partial charge in [-0.3, -0.25) is 4.79 Å². The van der Waals surface area contributed by atoms with Gasteiger partial charge in [-0.1, -0.05) is 0 Å². The molecular formula is C6H7IN2O. The first-order valence-corrected chi connectivity index (χ1v) is 3.88. The van der Waals surface area contributed by atoms with Gasteiger partial charge < -0.3 is 10.3 Å². The van der Waals surface area contributed by atoms with Gasteiger partial charge in [0.15, 0.2) is 0 Å². The van der Waals surface area contributed by atoms with Crippen LogP contribution in [0.1, 0.15) is 10.5 Å². The van der Waals surface area contributed by atoms with E-state index in [-0.39, 0.29) is 5.91 Å². The Bertz CT molecular complexity index is 244. The number of hydrogen-bond donors (Lipinski definition) is 2. The van der Waals surface area contributed by atoms with Crippen LogP contribution in [-0.2, 0) is 0 Å². The first-order chi connectivity index (χ1) is 4.74. The molecule has 0 saturated heterocycles. The fourth-order valence-electron chi connectivity index (χ4n) is 0.634. The van der Waals surface area contributed by atoms with Crippen LogP contribution >= 0.6 is 22.6 Å². The van der Waals surface area contributed by atoms with E-state index in [2.05, 4.69) is 32.9 Å². The van der Waals surface area contributed by atoms with Crippen molar-refractivity contribution in [3.8, 4) is 0 Å². The monoisotopic (exact) mass is 250 g/mol. The molecule has 0 spiro atoms. The summed E-state index contributed by atoms with van der Waals surface area (Å²) < 4.78 is 1.04. The van der Waals surface area contributed by atoms with Gasteiger partial charge in [0.25, 0.3) is 5.91 Å². The van der Waals surface area contributed by atoms with Crippen LogP contribution in [0, 0.1) is 3.57 Å². The molecule has 54 valence electrons. The molecule has 0 aliphatic carbocycles. The standard InChI is InChI=1S/C6H7IN2O/c1-8-6(10)5-2-4(7)3-9-5/h2-3,9H,1H3,(H,8,10). The van der Waals surface area contributed by atoms with E-state index in [1.165, 1.54) is 0 Å². The highest BCUT2D eigenvalue weighted by atomic mass is 127. The second-order valence-electron chi connectivity index (χ2n) is 1.81. The molecule has 4 heteroatoms. The zero-order valence-corrected chi connectivity index (χ0v) is 7.60. The van der Waals surface area contributed by atoms with E-state index < -0.39 is 0 Å². The van der Waals surface area contributed by atoms with Crippen LogP contribution in [0.15, 0.2) is 12.3 Å². The molecule has 1 heterocycles. The Hall–Kier alpha value is -0.520. The summed E-state index contributed by atoms with van der Waals surface area (Å²) in [5.74, 6) is -0.0806. The van der Waals surface area contributed by atoms with E-state index in [1.807, 2.05) is 0 Å². The lowest BCUT2D eigenvalue weighted by Gasteiger charge is -1.91. The van der Waals surface area contributed by atoms with Gasteiger partial charge in [0.05, 0.1) is 0 Å². The Morgan fingerprint density at radius 2 is 2.50 bits per heavy atom. The summed E-state index contributed by atoms with van der Waals surface area (Å²) in [6, 6.07) is 1.79. The molecule has 1 amide bonds. The van der Waals surface area contributed by atoms with Gasteiger partial charge >= 0.3 is 0 Å². The highest BCUT2D eigenvalue weighted by molar-refractivity contribution is 14.1. The van der Waals surface area contributed by atoms with E-state index in [0.29, 0.717) is 5.69 Å². The highest BCUT2D eigenvalue weighted by Crippen LogP contribution is 2.05. The molecule has 3 nitrogen and oxygen atoms in total. The summed E-state index contributed by atoms with van der Waals surface area (Å²) >= 11 is 2.14. The van der Waals surface area contributed by atoms with E-state index in [4.69, 9.17) is 0 Å². The number of H-pyrrole nitrogens is 1. The first kappa shape index (κ1) is 7.59. The topological polar surface area (TPSA) is 44.9 Å². The Morgan fingerprint density at radius 3 is 2.90 bits per heavy atom. The van der Waals surface area contributed by atoms with Crippen molar-refractivity contribution in [2.24, 2.45) is 0 Å². The van der Waals surface area contributed by atoms with Crippen molar-refractivity contribution >= 4 is 28.5 Å². The quantitative estimate of drug-likeness (QED) is 0.717. The number of aromatic nitrogens is 1. The molecule has 0 bridgehead atoms. The molecule has 0 saturated carbocycles. The van der Waals surface area contributed by atoms with Crippen molar-refractivity contribution in [3.05, 3.63) is 21.5 Å². The van der Waals surface area contributed by atoms with Gasteiger partial charge in [0.2, 0.25) is 0 Å². The molecule has 0 fully saturated rings. The van der Waals surface area contributed by atoms with Gasteiger partial charge in [-0.25, -0.2) is 0 Å². The summed E-state index contributed by atoms with van der Waals surface area (Å²) in [4.78, 5) is 13.7. The predicted octanol–water partition coefficient (Wildman–Crippen LogP) is 0.979. The van der Waals surface area contributed by atoms with Gasteiger partial charge in [0, 0.05) is 16.8 Å². The number of hydrogen-bond acceptors (Lipinski definition) is 1. The lowest BCUT2D eigenvalue weighted by atomic mass is 10.4. The fraction of sp³-hybridized carbons (Fsp3) is 0.167. The fourth-order valence-corrected chi connectivity index (χ4v) is 1.10. The molecule has 1 aromatic rings. The molecule has 0 radical (unpaired) electrons. The molecule has 1 aromatic heterocycles. The van der Waals surface area contributed by atoms with Crippen molar-refractivity contribution < 1.29 is 4.79 Å². The summed E-state index contributed by atoms with van der Waals surface area (Å²) in [5.41, 5.74) is 0.604. The number of carbonyl (C=O) groups excluding carboxylic acids is 1. The smallest absolute Gasteiger partial charge is 0.267 e. The van der Waals surface area contributed by atoms with Gasteiger partial charge in [-0.15, -0.1) is 0 Å². The number of rotatable bonds is 1. The SMILES string of the molecule is CNC(=O)c1cc(I)c[nH]1. The number of nitrogens with one attached hydrogen (secondary N) is 2. The van der Waals surface area contributed by atoms with Crippen LogP contribution in [-0.4, -0.2) is 17.9 Å². The van der Waals surface area contributed by atoms with Crippen molar-refractivity contribution in [3.63, 3.8) is 0 Å². The van der Waals surface area contributed by atoms with Crippen molar-refractivity contribution in [2.45, 2.75) is 0 Å². The number of aromatic amines is 1. The van der Waals surface area contributed by atoms with Crippen LogP contribution in [0.3, 0.4) is 0 Å². The van der Waals surface area contributed by atoms with Crippen molar-refractivity contribution in [1.82, 2.24) is 10.3 Å². The number of halogens is 1. The van der Waals surface area contributed by atoms with Crippen LogP contribution in [0.5, 0.6) is 0 Å². The van der Waals surface area contributed by atoms with Gasteiger partial charge in [0.1, 0.15) is 5.69 Å². The van der Waals surface area contributed by atoms with Crippen LogP contribution in [0.25, 0.3) is 0 Å². The lowest BCUT2D eigenvalue weighted by molar-refractivity contribution is 0.0959. The van der Waals surface area contributed by atoms with E-state index >= 15 is 0 Å². The third-order valence-electron chi connectivity index (χ3n) is 1.12. The minimum atomic E-state index is -0.0806. The van der Waals surface area contributed by atoms with Crippen LogP contribution in [0.4, 0.5) is 0 Å². The van der Waals surface area contributed by atoms with Gasteiger partial charge in [-0.05, 0) is 28.7 Å². The van der Waals surface area contributed by atoms with E-state index in [0.717, 1.165) is 3.57 Å². The molecule has 2 N–H and O–H groups in total. The Labute approximate surface area is 72.3 Å². The molecule has 0 unspecified atom stereocenters. The number of amides is 1. The molecule has 1 rings (SSSR count). The van der Waals surface area contributed by atoms with E-state index in [9.17, 15) is 4.79 Å². The zero-order valence-electron chi connectivity index (χ0n) is 5.44. The second-order valence-corrected chi connectivity index (χ2v) is 3.06. The summed E-state index contributed by atoms with van der Waals surface area (Å²) in [6.07, 6.45) is 1.78. The Balaban J connectivity index is 2.85. The third-order valence-corrected chi connectivity index (χ3v) is 1.74. The predicted molar refractivity (Wildman–Crippen MR) is 46.9 cm³/mol. The molecule has 0 aromatic carbocycles. The Kier molecular flexibility index (Phi) is 2.31. The molecule has 0 aliphatic rings. The van der Waals surface area contributed by atoms with Gasteiger partial charge in [-0.2, -0.15) is 0 Å². The summed E-state index contributed by atoms with van der Waals surface area (Å²) in [5, 5.41) is 2.52. The Morgan fingerprint density at radius 1 is 1.80 bits per heavy atom. The normalized spacial score (nSPS) is 9.40. The average Bonchev–Trinajstić information content (AvgIpc) is 2.34. The maximum Gasteiger partial charge on any atom is 0.267 e. The lowest BCUT2D eigenvalue weighted by Crippen LogP contribution is -2.17. The van der Waals surface area contributed by atoms with Crippen LogP contribution < -0.4 is 5.32 Å². The van der Waals surface area contributed by atoms with E-state index in [1.54, 1.807) is 19.3 Å². The van der Waals surface area contributed by atoms with Crippen molar-refractivity contribution in [2.75, 3.05) is 7.05 Å². The third kappa shape index (κ3) is 1.50. The second kappa shape index (κ2) is 3.05. The average molecular weight is 250 g/mol. The molecule has 0 atom stereocenters. The summed E-state index contributed by atoms with van der Waals surface area (Å²) in [7, 11) is 1.61. The maximum absolute atomic E-state index is 10.9. The van der Waals surface area contributed by atoms with Crippen molar-refractivity contribution in [1.29, 1.82) is 0 Å². The van der Waals surface area contributed by atoms with Crippen LogP contribution in [0.2, 0.25) is 0 Å². The molecule has 10 heavy (non-hydrogen) atoms. The maximum atomic E-state index is 10.9. The zero-order chi connectivity index (χ0) is 7.56. The largest absolute Gasteiger partial charge is 0.356 e. The molecule has 0 aliphatic heterocycles. The summed E-state index contributed by atoms with van der Waals surface area (Å²) in [6.45, 7) is 0. The first-order valence-electron chi connectivity index (χ1n) is 2.80. The number of carbonyl (C=O) groups is 1. The molecular weight excluding hydrogens is 243 g/mol. The minimum absolute atomic E-state index is 0.0806. The minimum Gasteiger partial charge on any atom is -0.356 e.